The third kappa shape index (κ3) is 2.73. The Labute approximate surface area is 119 Å². The molecule has 110 valence electrons. The van der Waals surface area contributed by atoms with Gasteiger partial charge in [-0.1, -0.05) is 12.2 Å². The Morgan fingerprint density at radius 3 is 2.70 bits per heavy atom. The number of urea groups is 1. The Morgan fingerprint density at radius 1 is 1.20 bits per heavy atom. The highest BCUT2D eigenvalue weighted by Gasteiger charge is 2.43. The summed E-state index contributed by atoms with van der Waals surface area (Å²) in [5.74, 6) is 0.621. The molecule has 0 bridgehead atoms. The third-order valence-electron chi connectivity index (χ3n) is 4.61. The van der Waals surface area contributed by atoms with E-state index in [0.29, 0.717) is 25.7 Å². The lowest BCUT2D eigenvalue weighted by atomic mass is 9.91. The van der Waals surface area contributed by atoms with Gasteiger partial charge in [0.1, 0.15) is 6.04 Å². The summed E-state index contributed by atoms with van der Waals surface area (Å²) < 4.78 is 5.32. The molecular formula is C15H22N2O3. The molecule has 0 aromatic rings. The standard InChI is InChI=1S/C15H22N2O3/c18-14-13(12-6-8-20-9-7-12)16-15(19)17(14)10-11-4-2-1-3-5-11/h1-2,11-13H,3-10H2,(H,16,19). The fourth-order valence-electron chi connectivity index (χ4n) is 3.36. The summed E-state index contributed by atoms with van der Waals surface area (Å²) in [6, 6.07) is -0.536. The van der Waals surface area contributed by atoms with E-state index in [4.69, 9.17) is 4.74 Å². The summed E-state index contributed by atoms with van der Waals surface area (Å²) in [5, 5.41) is 2.88. The molecule has 2 heterocycles. The molecule has 0 radical (unpaired) electrons. The number of amides is 3. The van der Waals surface area contributed by atoms with Crippen LogP contribution in [0.1, 0.15) is 32.1 Å². The number of rotatable bonds is 3. The average Bonchev–Trinajstić information content (AvgIpc) is 2.77. The molecule has 5 nitrogen and oxygen atoms in total. The van der Waals surface area contributed by atoms with Crippen molar-refractivity contribution >= 4 is 11.9 Å². The third-order valence-corrected chi connectivity index (χ3v) is 4.61. The molecule has 0 spiro atoms. The molecule has 2 fully saturated rings. The second-order valence-corrected chi connectivity index (χ2v) is 5.98. The highest BCUT2D eigenvalue weighted by molar-refractivity contribution is 6.04. The SMILES string of the molecule is O=C1NC(C2CCOCC2)C(=O)N1CC1CC=CCC1. The Bertz CT molecular complexity index is 415. The Hall–Kier alpha value is -1.36. The van der Waals surface area contributed by atoms with E-state index in [1.54, 1.807) is 0 Å². The average molecular weight is 278 g/mol. The number of nitrogens with zero attached hydrogens (tertiary/aromatic N) is 1. The summed E-state index contributed by atoms with van der Waals surface area (Å²) in [7, 11) is 0. The van der Waals surface area contributed by atoms with Gasteiger partial charge in [-0.2, -0.15) is 0 Å². The highest BCUT2D eigenvalue weighted by Crippen LogP contribution is 2.26. The van der Waals surface area contributed by atoms with Crippen LogP contribution >= 0.6 is 0 Å². The van der Waals surface area contributed by atoms with Crippen molar-refractivity contribution < 1.29 is 14.3 Å². The molecule has 2 unspecified atom stereocenters. The van der Waals surface area contributed by atoms with Gasteiger partial charge in [-0.3, -0.25) is 9.69 Å². The van der Waals surface area contributed by atoms with Crippen LogP contribution in [0.15, 0.2) is 12.2 Å². The zero-order valence-corrected chi connectivity index (χ0v) is 11.7. The highest BCUT2D eigenvalue weighted by atomic mass is 16.5. The predicted molar refractivity (Wildman–Crippen MR) is 74.1 cm³/mol. The molecule has 1 aliphatic carbocycles. The first kappa shape index (κ1) is 13.6. The van der Waals surface area contributed by atoms with E-state index in [9.17, 15) is 9.59 Å². The van der Waals surface area contributed by atoms with Crippen LogP contribution in [0.4, 0.5) is 4.79 Å². The van der Waals surface area contributed by atoms with Crippen molar-refractivity contribution in [3.63, 3.8) is 0 Å². The Morgan fingerprint density at radius 2 is 2.00 bits per heavy atom. The number of imide groups is 1. The van der Waals surface area contributed by atoms with Crippen LogP contribution in [0.5, 0.6) is 0 Å². The van der Waals surface area contributed by atoms with Crippen molar-refractivity contribution in [2.24, 2.45) is 11.8 Å². The molecule has 0 aromatic heterocycles. The molecule has 1 N–H and O–H groups in total. The molecular weight excluding hydrogens is 256 g/mol. The van der Waals surface area contributed by atoms with Crippen LogP contribution in [0.25, 0.3) is 0 Å². The minimum atomic E-state index is -0.328. The van der Waals surface area contributed by atoms with E-state index >= 15 is 0 Å². The molecule has 3 aliphatic rings. The minimum Gasteiger partial charge on any atom is -0.381 e. The first-order valence-electron chi connectivity index (χ1n) is 7.60. The lowest BCUT2D eigenvalue weighted by Crippen LogP contribution is -2.40. The molecule has 2 atom stereocenters. The van der Waals surface area contributed by atoms with Crippen LogP contribution in [0, 0.1) is 11.8 Å². The number of hydrogen-bond donors (Lipinski definition) is 1. The van der Waals surface area contributed by atoms with Gasteiger partial charge < -0.3 is 10.1 Å². The van der Waals surface area contributed by atoms with E-state index < -0.39 is 0 Å². The Kier molecular flexibility index (Phi) is 4.05. The number of hydrogen-bond acceptors (Lipinski definition) is 3. The predicted octanol–water partition coefficient (Wildman–Crippen LogP) is 1.69. The van der Waals surface area contributed by atoms with Crippen LogP contribution in [0.3, 0.4) is 0 Å². The van der Waals surface area contributed by atoms with Gasteiger partial charge in [0.25, 0.3) is 5.91 Å². The van der Waals surface area contributed by atoms with Crippen LogP contribution in [-0.4, -0.2) is 42.6 Å². The molecule has 3 amide bonds. The van der Waals surface area contributed by atoms with Gasteiger partial charge in [-0.05, 0) is 43.9 Å². The number of ether oxygens (including phenoxy) is 1. The monoisotopic (exact) mass is 278 g/mol. The molecule has 0 saturated carbocycles. The van der Waals surface area contributed by atoms with Crippen molar-refractivity contribution in [2.45, 2.75) is 38.1 Å². The van der Waals surface area contributed by atoms with Crippen molar-refractivity contribution in [3.05, 3.63) is 12.2 Å². The number of allylic oxidation sites excluding steroid dienone is 2. The second kappa shape index (κ2) is 5.95. The molecule has 5 heteroatoms. The fourth-order valence-corrected chi connectivity index (χ4v) is 3.36. The summed E-state index contributed by atoms with van der Waals surface area (Å²) in [5.41, 5.74) is 0. The van der Waals surface area contributed by atoms with Crippen LogP contribution < -0.4 is 5.32 Å². The summed E-state index contributed by atoms with van der Waals surface area (Å²) in [4.78, 5) is 26.0. The smallest absolute Gasteiger partial charge is 0.324 e. The Balaban J connectivity index is 1.62. The zero-order valence-electron chi connectivity index (χ0n) is 11.7. The van der Waals surface area contributed by atoms with Gasteiger partial charge in [-0.15, -0.1) is 0 Å². The van der Waals surface area contributed by atoms with E-state index in [-0.39, 0.29) is 23.9 Å². The molecule has 0 aromatic carbocycles. The molecule has 3 rings (SSSR count). The van der Waals surface area contributed by atoms with Crippen molar-refractivity contribution in [1.29, 1.82) is 0 Å². The second-order valence-electron chi connectivity index (χ2n) is 5.98. The van der Waals surface area contributed by atoms with Gasteiger partial charge in [0, 0.05) is 19.8 Å². The number of carbonyl (C=O) groups is 2. The maximum atomic E-state index is 12.5. The van der Waals surface area contributed by atoms with E-state index in [0.717, 1.165) is 32.1 Å². The lowest BCUT2D eigenvalue weighted by Gasteiger charge is -2.26. The van der Waals surface area contributed by atoms with E-state index in [2.05, 4.69) is 17.5 Å². The maximum absolute atomic E-state index is 12.5. The van der Waals surface area contributed by atoms with Gasteiger partial charge in [0.15, 0.2) is 0 Å². The normalized spacial score (nSPS) is 31.7. The summed E-state index contributed by atoms with van der Waals surface area (Å²) in [6.07, 6.45) is 9.13. The lowest BCUT2D eigenvalue weighted by molar-refractivity contribution is -0.129. The minimum absolute atomic E-state index is 0.0311. The first-order valence-corrected chi connectivity index (χ1v) is 7.60. The number of carbonyl (C=O) groups excluding carboxylic acids is 2. The van der Waals surface area contributed by atoms with E-state index in [1.807, 2.05) is 0 Å². The quantitative estimate of drug-likeness (QED) is 0.631. The zero-order chi connectivity index (χ0) is 13.9. The molecule has 2 saturated heterocycles. The maximum Gasteiger partial charge on any atom is 0.324 e. The van der Waals surface area contributed by atoms with Crippen molar-refractivity contribution in [3.8, 4) is 0 Å². The van der Waals surface area contributed by atoms with E-state index in [1.165, 1.54) is 4.90 Å². The molecule has 20 heavy (non-hydrogen) atoms. The van der Waals surface area contributed by atoms with Gasteiger partial charge in [0.05, 0.1) is 0 Å². The topological polar surface area (TPSA) is 58.6 Å². The van der Waals surface area contributed by atoms with Crippen molar-refractivity contribution in [1.82, 2.24) is 10.2 Å². The van der Waals surface area contributed by atoms with Crippen LogP contribution in [0.2, 0.25) is 0 Å². The number of nitrogens with one attached hydrogen (secondary N) is 1. The van der Waals surface area contributed by atoms with Gasteiger partial charge in [0.2, 0.25) is 0 Å². The van der Waals surface area contributed by atoms with Gasteiger partial charge >= 0.3 is 6.03 Å². The van der Waals surface area contributed by atoms with Crippen LogP contribution in [-0.2, 0) is 9.53 Å². The van der Waals surface area contributed by atoms with Crippen molar-refractivity contribution in [2.75, 3.05) is 19.8 Å². The fraction of sp³-hybridized carbons (Fsp3) is 0.733. The summed E-state index contributed by atoms with van der Waals surface area (Å²) in [6.45, 7) is 1.95. The summed E-state index contributed by atoms with van der Waals surface area (Å²) >= 11 is 0. The van der Waals surface area contributed by atoms with Gasteiger partial charge in [-0.25, -0.2) is 4.79 Å². The first-order chi connectivity index (χ1) is 9.75. The largest absolute Gasteiger partial charge is 0.381 e. The molecule has 2 aliphatic heterocycles.